The molecule has 1 amide bonds. The van der Waals surface area contributed by atoms with Crippen molar-refractivity contribution in [2.24, 2.45) is 0 Å². The molecule has 0 spiro atoms. The first-order chi connectivity index (χ1) is 15.6. The lowest BCUT2D eigenvalue weighted by Gasteiger charge is -2.14. The third kappa shape index (κ3) is 12.8. The predicted octanol–water partition coefficient (Wildman–Crippen LogP) is 5.36. The Morgan fingerprint density at radius 3 is 2.21 bits per heavy atom. The van der Waals surface area contributed by atoms with Crippen LogP contribution in [0.3, 0.4) is 0 Å². The Hall–Kier alpha value is -2.67. The van der Waals surface area contributed by atoms with E-state index in [0.717, 1.165) is 25.7 Å². The normalized spacial score (nSPS) is 12.8. The fourth-order valence-electron chi connectivity index (χ4n) is 3.01. The zero-order valence-corrected chi connectivity index (χ0v) is 20.9. The molecule has 1 aromatic rings. The van der Waals surface area contributed by atoms with Gasteiger partial charge in [0.1, 0.15) is 6.04 Å². The molecule has 33 heavy (non-hydrogen) atoms. The zero-order chi connectivity index (χ0) is 24.8. The number of rotatable bonds is 14. The lowest BCUT2D eigenvalue weighted by Crippen LogP contribution is -2.43. The Balaban J connectivity index is 2.39. The molecule has 0 radical (unpaired) electrons. The van der Waals surface area contributed by atoms with Crippen LogP contribution in [0, 0.1) is 0 Å². The second kappa shape index (κ2) is 15.2. The third-order valence-corrected chi connectivity index (χ3v) is 5.97. The summed E-state index contributed by atoms with van der Waals surface area (Å²) >= 11 is 1.46. The van der Waals surface area contributed by atoms with Gasteiger partial charge < -0.3 is 20.6 Å². The van der Waals surface area contributed by atoms with E-state index in [-0.39, 0.29) is 23.7 Å². The molecule has 0 aliphatic rings. The van der Waals surface area contributed by atoms with E-state index >= 15 is 0 Å². The molecule has 0 saturated carbocycles. The molecular weight excluding hydrogens is 438 g/mol. The third-order valence-electron chi connectivity index (χ3n) is 4.99. The zero-order valence-electron chi connectivity index (χ0n) is 20.1. The Morgan fingerprint density at radius 2 is 1.61 bits per heavy atom. The largest absolute Gasteiger partial charge is 0.504 e. The van der Waals surface area contributed by atoms with Crippen molar-refractivity contribution in [3.63, 3.8) is 0 Å². The van der Waals surface area contributed by atoms with E-state index in [1.165, 1.54) is 46.7 Å². The average molecular weight is 476 g/mol. The molecule has 0 bridgehead atoms. The van der Waals surface area contributed by atoms with E-state index in [4.69, 9.17) is 0 Å². The van der Waals surface area contributed by atoms with Gasteiger partial charge in [0.05, 0.1) is 6.42 Å². The molecular formula is C26H37NO5S. The number of carbonyl (C=O) groups excluding carboxylic acids is 1. The molecule has 0 aliphatic carbocycles. The summed E-state index contributed by atoms with van der Waals surface area (Å²) in [5, 5.41) is 30.8. The molecule has 6 nitrogen and oxygen atoms in total. The number of aliphatic carboxylic acids is 1. The first kappa shape index (κ1) is 28.4. The summed E-state index contributed by atoms with van der Waals surface area (Å²) < 4.78 is 0. The summed E-state index contributed by atoms with van der Waals surface area (Å²) in [5.41, 5.74) is 4.50. The Labute approximate surface area is 201 Å². The van der Waals surface area contributed by atoms with Crippen LogP contribution < -0.4 is 5.32 Å². The van der Waals surface area contributed by atoms with Gasteiger partial charge >= 0.3 is 5.97 Å². The molecule has 1 rings (SSSR count). The maximum atomic E-state index is 12.2. The van der Waals surface area contributed by atoms with Gasteiger partial charge in [-0.2, -0.15) is 11.8 Å². The van der Waals surface area contributed by atoms with Gasteiger partial charge in [0, 0.05) is 11.5 Å². The number of carbonyl (C=O) groups is 2. The number of allylic oxidation sites excluding steroid dienone is 5. The highest BCUT2D eigenvalue weighted by Gasteiger charge is 2.20. The van der Waals surface area contributed by atoms with Crippen LogP contribution in [0.2, 0.25) is 0 Å². The standard InChI is InChI=1S/C26H37NO5S/c1-18(2)7-5-8-19(3)9-6-10-20(4)13-14-33-17-22(26(31)32)27-25(30)16-21-11-12-23(28)24(29)15-21/h7,9,11-13,15,22,28-29H,5-6,8,10,14,16-17H2,1-4H3,(H,27,30)(H,31,32)/b19-9+,20-13+/t22-/m0/s1. The van der Waals surface area contributed by atoms with Gasteiger partial charge in [-0.05, 0) is 71.1 Å². The van der Waals surface area contributed by atoms with Crippen molar-refractivity contribution in [3.05, 3.63) is 58.7 Å². The first-order valence-electron chi connectivity index (χ1n) is 11.1. The lowest BCUT2D eigenvalue weighted by molar-refractivity contribution is -0.141. The molecule has 7 heteroatoms. The summed E-state index contributed by atoms with van der Waals surface area (Å²) in [6.07, 6.45) is 10.7. The number of phenolic OH excluding ortho intramolecular Hbond substituents is 2. The van der Waals surface area contributed by atoms with Crippen LogP contribution in [0.5, 0.6) is 11.5 Å². The maximum absolute atomic E-state index is 12.2. The van der Waals surface area contributed by atoms with Crippen molar-refractivity contribution in [2.45, 2.75) is 65.8 Å². The van der Waals surface area contributed by atoms with Crippen molar-refractivity contribution in [2.75, 3.05) is 11.5 Å². The van der Waals surface area contributed by atoms with E-state index < -0.39 is 17.9 Å². The maximum Gasteiger partial charge on any atom is 0.327 e. The van der Waals surface area contributed by atoms with E-state index in [0.29, 0.717) is 11.3 Å². The number of thioether (sulfide) groups is 1. The SMILES string of the molecule is CC(C)=CCC/C(C)=C/CC/C(C)=C/CSC[C@H](NC(=O)Cc1ccc(O)c(O)c1)C(=O)O. The topological polar surface area (TPSA) is 107 Å². The summed E-state index contributed by atoms with van der Waals surface area (Å²) in [6, 6.07) is 3.09. The number of carboxylic acids is 1. The van der Waals surface area contributed by atoms with Crippen molar-refractivity contribution in [1.82, 2.24) is 5.32 Å². The molecule has 1 aromatic carbocycles. The molecule has 0 aliphatic heterocycles. The minimum absolute atomic E-state index is 0.0808. The van der Waals surface area contributed by atoms with Crippen LogP contribution >= 0.6 is 11.8 Å². The number of nitrogens with one attached hydrogen (secondary N) is 1. The van der Waals surface area contributed by atoms with Crippen LogP contribution in [-0.4, -0.2) is 44.7 Å². The van der Waals surface area contributed by atoms with Gasteiger partial charge in [-0.1, -0.05) is 41.0 Å². The summed E-state index contributed by atoms with van der Waals surface area (Å²) in [4.78, 5) is 23.7. The number of benzene rings is 1. The van der Waals surface area contributed by atoms with Gasteiger partial charge in [-0.3, -0.25) is 4.79 Å². The number of hydrogen-bond acceptors (Lipinski definition) is 5. The molecule has 0 fully saturated rings. The summed E-state index contributed by atoms with van der Waals surface area (Å²) in [5.74, 6) is -1.18. The first-order valence-corrected chi connectivity index (χ1v) is 12.3. The molecule has 1 atom stereocenters. The minimum Gasteiger partial charge on any atom is -0.504 e. The van der Waals surface area contributed by atoms with Gasteiger partial charge in [0.15, 0.2) is 11.5 Å². The van der Waals surface area contributed by atoms with Crippen LogP contribution in [0.4, 0.5) is 0 Å². The van der Waals surface area contributed by atoms with Gasteiger partial charge in [0.25, 0.3) is 0 Å². The monoisotopic (exact) mass is 475 g/mol. The summed E-state index contributed by atoms with van der Waals surface area (Å²) in [7, 11) is 0. The number of hydrogen-bond donors (Lipinski definition) is 4. The highest BCUT2D eigenvalue weighted by molar-refractivity contribution is 7.99. The molecule has 0 aromatic heterocycles. The van der Waals surface area contributed by atoms with Crippen LogP contribution in [0.1, 0.15) is 58.9 Å². The molecule has 0 unspecified atom stereocenters. The van der Waals surface area contributed by atoms with Crippen molar-refractivity contribution < 1.29 is 24.9 Å². The Bertz CT molecular complexity index is 885. The van der Waals surface area contributed by atoms with Crippen molar-refractivity contribution in [3.8, 4) is 11.5 Å². The van der Waals surface area contributed by atoms with E-state index in [1.54, 1.807) is 0 Å². The second-order valence-corrected chi connectivity index (χ2v) is 9.53. The van der Waals surface area contributed by atoms with Gasteiger partial charge in [-0.15, -0.1) is 0 Å². The molecule has 0 heterocycles. The highest BCUT2D eigenvalue weighted by Crippen LogP contribution is 2.25. The van der Waals surface area contributed by atoms with E-state index in [2.05, 4.69) is 51.2 Å². The highest BCUT2D eigenvalue weighted by atomic mass is 32.2. The predicted molar refractivity (Wildman–Crippen MR) is 136 cm³/mol. The van der Waals surface area contributed by atoms with Crippen LogP contribution in [0.15, 0.2) is 53.1 Å². The minimum atomic E-state index is -1.08. The lowest BCUT2D eigenvalue weighted by atomic mass is 10.1. The molecule has 4 N–H and O–H groups in total. The molecule has 0 saturated heterocycles. The van der Waals surface area contributed by atoms with Crippen molar-refractivity contribution >= 4 is 23.6 Å². The fourth-order valence-corrected chi connectivity index (χ4v) is 4.01. The average Bonchev–Trinajstić information content (AvgIpc) is 2.72. The number of phenols is 2. The van der Waals surface area contributed by atoms with Gasteiger partial charge in [-0.25, -0.2) is 4.79 Å². The van der Waals surface area contributed by atoms with Gasteiger partial charge in [0.2, 0.25) is 5.91 Å². The number of aromatic hydroxyl groups is 2. The smallest absolute Gasteiger partial charge is 0.327 e. The fraction of sp³-hybridized carbons (Fsp3) is 0.462. The van der Waals surface area contributed by atoms with Crippen LogP contribution in [-0.2, 0) is 16.0 Å². The second-order valence-electron chi connectivity index (χ2n) is 8.46. The Kier molecular flexibility index (Phi) is 13.1. The van der Waals surface area contributed by atoms with Crippen LogP contribution in [0.25, 0.3) is 0 Å². The Morgan fingerprint density at radius 1 is 0.970 bits per heavy atom. The molecule has 182 valence electrons. The number of carboxylic acid groups (broad SMARTS) is 1. The van der Waals surface area contributed by atoms with Crippen molar-refractivity contribution in [1.29, 1.82) is 0 Å². The van der Waals surface area contributed by atoms with E-state index in [9.17, 15) is 24.9 Å². The quantitative estimate of drug-likeness (QED) is 0.164. The van der Waals surface area contributed by atoms with E-state index in [1.807, 2.05) is 0 Å². The number of amides is 1. The summed E-state index contributed by atoms with van der Waals surface area (Å²) in [6.45, 7) is 8.47.